The van der Waals surface area contributed by atoms with E-state index in [0.29, 0.717) is 23.6 Å². The van der Waals surface area contributed by atoms with Crippen LogP contribution in [0.3, 0.4) is 0 Å². The Morgan fingerprint density at radius 1 is 1.08 bits per heavy atom. The molecule has 9 heteroatoms. The number of H-pyrrole nitrogens is 1. The number of rotatable bonds is 6. The van der Waals surface area contributed by atoms with E-state index in [4.69, 9.17) is 0 Å². The molecule has 2 N–H and O–H groups in total. The Labute approximate surface area is 135 Å². The van der Waals surface area contributed by atoms with Crippen molar-refractivity contribution in [3.63, 3.8) is 0 Å². The first-order valence-corrected chi connectivity index (χ1v) is 7.11. The Balaban J connectivity index is 1.55. The number of fused-ring (bicyclic) bond motifs is 1. The molecule has 3 aromatic rings. The van der Waals surface area contributed by atoms with Gasteiger partial charge in [0, 0.05) is 6.54 Å². The van der Waals surface area contributed by atoms with Crippen molar-refractivity contribution in [2.24, 2.45) is 0 Å². The molecule has 0 aliphatic rings. The molecule has 0 unspecified atom stereocenters. The van der Waals surface area contributed by atoms with Gasteiger partial charge in [-0.1, -0.05) is 24.3 Å². The fourth-order valence-corrected chi connectivity index (χ4v) is 2.13. The number of benzene rings is 1. The van der Waals surface area contributed by atoms with Gasteiger partial charge in [-0.25, -0.2) is 9.97 Å². The number of anilines is 1. The summed E-state index contributed by atoms with van der Waals surface area (Å²) in [5.74, 6) is 0.659. The van der Waals surface area contributed by atoms with Crippen LogP contribution in [-0.2, 0) is 17.9 Å². The smallest absolute Gasteiger partial charge is 0.367 e. The third kappa shape index (κ3) is 4.19. The second-order valence-corrected chi connectivity index (χ2v) is 5.13. The number of hydrogen-bond donors (Lipinski definition) is 2. The van der Waals surface area contributed by atoms with Crippen molar-refractivity contribution in [3.05, 3.63) is 47.9 Å². The quantitative estimate of drug-likeness (QED) is 0.723. The molecule has 0 atom stereocenters. The number of ether oxygens (including phenoxy) is 1. The molecule has 0 aliphatic carbocycles. The highest BCUT2D eigenvalue weighted by Crippen LogP contribution is 2.18. The molecular weight excluding hydrogens is 323 g/mol. The van der Waals surface area contributed by atoms with Gasteiger partial charge < -0.3 is 10.1 Å². The van der Waals surface area contributed by atoms with Crippen LogP contribution in [-0.4, -0.2) is 32.9 Å². The Morgan fingerprint density at radius 2 is 1.83 bits per heavy atom. The number of nitrogens with one attached hydrogen (secondary N) is 2. The Morgan fingerprint density at radius 3 is 2.58 bits per heavy atom. The third-order valence-electron chi connectivity index (χ3n) is 3.27. The second kappa shape index (κ2) is 6.83. The number of hydrogen-bond acceptors (Lipinski definition) is 5. The summed E-state index contributed by atoms with van der Waals surface area (Å²) in [7, 11) is 0. The summed E-state index contributed by atoms with van der Waals surface area (Å²) in [6.07, 6.45) is -1.23. The first-order chi connectivity index (χ1) is 11.5. The van der Waals surface area contributed by atoms with Crippen LogP contribution in [0.25, 0.3) is 11.0 Å². The molecule has 0 fully saturated rings. The maximum absolute atomic E-state index is 12.0. The summed E-state index contributed by atoms with van der Waals surface area (Å²) in [6, 6.07) is 7.13. The van der Waals surface area contributed by atoms with Gasteiger partial charge in [-0.2, -0.15) is 18.3 Å². The average molecular weight is 337 g/mol. The van der Waals surface area contributed by atoms with Gasteiger partial charge in [0.05, 0.1) is 18.2 Å². The second-order valence-electron chi connectivity index (χ2n) is 5.13. The van der Waals surface area contributed by atoms with E-state index in [2.05, 4.69) is 30.2 Å². The lowest BCUT2D eigenvalue weighted by Gasteiger charge is -2.09. The third-order valence-corrected chi connectivity index (χ3v) is 3.27. The van der Waals surface area contributed by atoms with Gasteiger partial charge in [0.2, 0.25) is 0 Å². The summed E-state index contributed by atoms with van der Waals surface area (Å²) in [5, 5.41) is 10.6. The van der Waals surface area contributed by atoms with Crippen LogP contribution in [0.2, 0.25) is 0 Å². The number of alkyl halides is 3. The van der Waals surface area contributed by atoms with Crippen LogP contribution in [0.1, 0.15) is 11.1 Å². The van der Waals surface area contributed by atoms with Crippen LogP contribution < -0.4 is 5.32 Å². The standard InChI is InChI=1S/C15H14F3N5O/c16-15(17,18)8-24-7-11-3-1-10(2-4-11)5-19-13-12-6-22-23-14(12)21-9-20-13/h1-4,6,9H,5,7-8H2,(H2,19,20,21,22,23). The van der Waals surface area contributed by atoms with Gasteiger partial charge in [0.1, 0.15) is 18.8 Å². The lowest BCUT2D eigenvalue weighted by atomic mass is 10.1. The van der Waals surface area contributed by atoms with E-state index >= 15 is 0 Å². The van der Waals surface area contributed by atoms with E-state index in [1.807, 2.05) is 12.1 Å². The van der Waals surface area contributed by atoms with Crippen molar-refractivity contribution in [2.45, 2.75) is 19.3 Å². The zero-order chi connectivity index (χ0) is 17.0. The predicted octanol–water partition coefficient (Wildman–Crippen LogP) is 3.04. The van der Waals surface area contributed by atoms with E-state index in [1.165, 1.54) is 6.33 Å². The van der Waals surface area contributed by atoms with Gasteiger partial charge >= 0.3 is 6.18 Å². The topological polar surface area (TPSA) is 75.7 Å². The Bertz CT molecular complexity index is 801. The SMILES string of the molecule is FC(F)(F)COCc1ccc(CNc2ncnc3[nH]ncc23)cc1. The fourth-order valence-electron chi connectivity index (χ4n) is 2.13. The van der Waals surface area contributed by atoms with E-state index < -0.39 is 12.8 Å². The van der Waals surface area contributed by atoms with Gasteiger partial charge in [-0.15, -0.1) is 0 Å². The van der Waals surface area contributed by atoms with Crippen molar-refractivity contribution in [1.29, 1.82) is 0 Å². The molecule has 6 nitrogen and oxygen atoms in total. The zero-order valence-corrected chi connectivity index (χ0v) is 12.5. The largest absolute Gasteiger partial charge is 0.411 e. The van der Waals surface area contributed by atoms with Crippen LogP contribution in [0, 0.1) is 0 Å². The van der Waals surface area contributed by atoms with E-state index in [-0.39, 0.29) is 6.61 Å². The van der Waals surface area contributed by atoms with E-state index in [9.17, 15) is 13.2 Å². The van der Waals surface area contributed by atoms with Crippen LogP contribution in [0.15, 0.2) is 36.8 Å². The van der Waals surface area contributed by atoms with Gasteiger partial charge in [-0.05, 0) is 11.1 Å². The molecule has 0 radical (unpaired) electrons. The van der Waals surface area contributed by atoms with Crippen molar-refractivity contribution in [3.8, 4) is 0 Å². The summed E-state index contributed by atoms with van der Waals surface area (Å²) in [6.45, 7) is -0.805. The van der Waals surface area contributed by atoms with Gasteiger partial charge in [0.15, 0.2) is 5.65 Å². The zero-order valence-electron chi connectivity index (χ0n) is 12.5. The summed E-state index contributed by atoms with van der Waals surface area (Å²) in [5.41, 5.74) is 2.29. The van der Waals surface area contributed by atoms with Crippen molar-refractivity contribution < 1.29 is 17.9 Å². The van der Waals surface area contributed by atoms with E-state index in [1.54, 1.807) is 18.3 Å². The molecule has 0 bridgehead atoms. The van der Waals surface area contributed by atoms with Crippen LogP contribution in [0.4, 0.5) is 19.0 Å². The number of halogens is 3. The highest BCUT2D eigenvalue weighted by molar-refractivity contribution is 5.85. The minimum Gasteiger partial charge on any atom is -0.367 e. The maximum atomic E-state index is 12.0. The molecular formula is C15H14F3N5O. The van der Waals surface area contributed by atoms with Gasteiger partial charge in [0.25, 0.3) is 0 Å². The first-order valence-electron chi connectivity index (χ1n) is 7.11. The van der Waals surface area contributed by atoms with Crippen LogP contribution in [0.5, 0.6) is 0 Å². The van der Waals surface area contributed by atoms with Crippen molar-refractivity contribution >= 4 is 16.9 Å². The molecule has 0 saturated carbocycles. The molecule has 1 aromatic carbocycles. The summed E-state index contributed by atoms with van der Waals surface area (Å²) < 4.78 is 40.7. The van der Waals surface area contributed by atoms with Crippen LogP contribution >= 0.6 is 0 Å². The highest BCUT2D eigenvalue weighted by atomic mass is 19.4. The summed E-state index contributed by atoms with van der Waals surface area (Å²) in [4.78, 5) is 8.22. The number of nitrogens with zero attached hydrogens (tertiary/aromatic N) is 3. The number of aromatic amines is 1. The Kier molecular flexibility index (Phi) is 4.61. The van der Waals surface area contributed by atoms with Crippen molar-refractivity contribution in [1.82, 2.24) is 20.2 Å². The normalized spacial score (nSPS) is 11.8. The molecule has 24 heavy (non-hydrogen) atoms. The molecule has 0 spiro atoms. The molecule has 0 aliphatic heterocycles. The molecule has 0 amide bonds. The first kappa shape index (κ1) is 16.2. The molecule has 2 aromatic heterocycles. The molecule has 3 rings (SSSR count). The van der Waals surface area contributed by atoms with E-state index in [0.717, 1.165) is 10.9 Å². The minimum atomic E-state index is -4.31. The highest BCUT2D eigenvalue weighted by Gasteiger charge is 2.27. The minimum absolute atomic E-state index is 0.0746. The summed E-state index contributed by atoms with van der Waals surface area (Å²) >= 11 is 0. The monoisotopic (exact) mass is 337 g/mol. The lowest BCUT2D eigenvalue weighted by Crippen LogP contribution is -2.16. The molecule has 2 heterocycles. The van der Waals surface area contributed by atoms with Gasteiger partial charge in [-0.3, -0.25) is 5.10 Å². The fraction of sp³-hybridized carbons (Fsp3) is 0.267. The molecule has 0 saturated heterocycles. The number of aromatic nitrogens is 4. The lowest BCUT2D eigenvalue weighted by molar-refractivity contribution is -0.176. The molecule has 126 valence electrons. The average Bonchev–Trinajstić information content (AvgIpc) is 3.02. The Hall–Kier alpha value is -2.68. The predicted molar refractivity (Wildman–Crippen MR) is 81.2 cm³/mol. The maximum Gasteiger partial charge on any atom is 0.411 e. The van der Waals surface area contributed by atoms with Crippen molar-refractivity contribution in [2.75, 3.05) is 11.9 Å².